The number of anilines is 1. The van der Waals surface area contributed by atoms with Crippen molar-refractivity contribution in [3.8, 4) is 17.1 Å². The van der Waals surface area contributed by atoms with Crippen molar-refractivity contribution in [1.29, 1.82) is 0 Å². The zero-order valence-corrected chi connectivity index (χ0v) is 16.0. The number of hydrogen-bond donors (Lipinski definition) is 1. The molecule has 2 heterocycles. The number of aromatic nitrogens is 3. The molecule has 0 unspecified atom stereocenters. The first kappa shape index (κ1) is 17.6. The Bertz CT molecular complexity index is 984. The molecule has 0 amide bonds. The van der Waals surface area contributed by atoms with E-state index >= 15 is 0 Å². The van der Waals surface area contributed by atoms with Crippen molar-refractivity contribution in [2.45, 2.75) is 31.2 Å². The van der Waals surface area contributed by atoms with Crippen LogP contribution in [-0.2, 0) is 0 Å². The molecule has 0 saturated carbocycles. The lowest BCUT2D eigenvalue weighted by Crippen LogP contribution is -2.16. The van der Waals surface area contributed by atoms with Crippen LogP contribution in [0.4, 0.5) is 5.69 Å². The van der Waals surface area contributed by atoms with Crippen molar-refractivity contribution < 1.29 is 9.53 Å². The molecule has 1 N–H and O–H groups in total. The van der Waals surface area contributed by atoms with E-state index < -0.39 is 0 Å². The third-order valence-corrected chi connectivity index (χ3v) is 5.28. The molecule has 0 spiro atoms. The fourth-order valence-corrected chi connectivity index (χ4v) is 3.85. The Labute approximate surface area is 162 Å². The molecule has 27 heavy (non-hydrogen) atoms. The quantitative estimate of drug-likeness (QED) is 0.652. The summed E-state index contributed by atoms with van der Waals surface area (Å²) in [5.41, 5.74) is 2.58. The zero-order chi connectivity index (χ0) is 18.8. The Balaban J connectivity index is 1.57. The van der Waals surface area contributed by atoms with Gasteiger partial charge in [0.25, 0.3) is 0 Å². The van der Waals surface area contributed by atoms with Crippen molar-refractivity contribution in [3.63, 3.8) is 0 Å². The van der Waals surface area contributed by atoms with E-state index in [-0.39, 0.29) is 11.8 Å². The molecule has 4 rings (SSSR count). The first-order chi connectivity index (χ1) is 13.1. The van der Waals surface area contributed by atoms with Gasteiger partial charge in [-0.3, -0.25) is 4.79 Å². The highest BCUT2D eigenvalue weighted by Crippen LogP contribution is 2.34. The fourth-order valence-electron chi connectivity index (χ4n) is 3.03. The molecule has 6 nitrogen and oxygen atoms in total. The van der Waals surface area contributed by atoms with E-state index in [9.17, 15) is 4.79 Å². The Morgan fingerprint density at radius 1 is 1.22 bits per heavy atom. The van der Waals surface area contributed by atoms with Crippen molar-refractivity contribution >= 4 is 23.4 Å². The van der Waals surface area contributed by atoms with Crippen LogP contribution >= 0.6 is 11.9 Å². The molecule has 138 valence electrons. The molecule has 0 atom stereocenters. The van der Waals surface area contributed by atoms with Gasteiger partial charge in [-0.15, -0.1) is 10.2 Å². The van der Waals surface area contributed by atoms with Crippen LogP contribution in [0.5, 0.6) is 5.75 Å². The van der Waals surface area contributed by atoms with Gasteiger partial charge < -0.3 is 14.0 Å². The van der Waals surface area contributed by atoms with E-state index in [1.807, 2.05) is 47.0 Å². The van der Waals surface area contributed by atoms with E-state index in [4.69, 9.17) is 4.74 Å². The number of ether oxygens (including phenoxy) is 1. The average molecular weight is 380 g/mol. The highest BCUT2D eigenvalue weighted by molar-refractivity contribution is 8.00. The van der Waals surface area contributed by atoms with Gasteiger partial charge in [-0.05, 0) is 50.1 Å². The Morgan fingerprint density at radius 3 is 2.93 bits per heavy atom. The number of nitrogens with one attached hydrogen (secondary N) is 1. The Morgan fingerprint density at radius 2 is 2.07 bits per heavy atom. The molecule has 7 heteroatoms. The summed E-state index contributed by atoms with van der Waals surface area (Å²) in [5, 5.41) is 8.29. The predicted octanol–water partition coefficient (Wildman–Crippen LogP) is 4.61. The second-order valence-electron chi connectivity index (χ2n) is 6.59. The Hall–Kier alpha value is -2.80. The standard InChI is InChI=1S/C20H20N4O2S/c1-13(2)24-12-21-22-20(24)14-5-3-6-15(11-14)23-27-18-8-4-7-17-19(18)16(25)9-10-26-17/h3-8,11-13,23H,9-10H2,1-2H3. The minimum absolute atomic E-state index is 0.125. The summed E-state index contributed by atoms with van der Waals surface area (Å²) in [7, 11) is 0. The van der Waals surface area contributed by atoms with Crippen molar-refractivity contribution in [1.82, 2.24) is 14.8 Å². The molecule has 1 aliphatic heterocycles. The smallest absolute Gasteiger partial charge is 0.171 e. The maximum Gasteiger partial charge on any atom is 0.171 e. The lowest BCUT2D eigenvalue weighted by atomic mass is 10.1. The van der Waals surface area contributed by atoms with Crippen LogP contribution < -0.4 is 9.46 Å². The van der Waals surface area contributed by atoms with Crippen LogP contribution in [0.1, 0.15) is 36.7 Å². The largest absolute Gasteiger partial charge is 0.492 e. The summed E-state index contributed by atoms with van der Waals surface area (Å²) in [5.74, 6) is 1.62. The molecule has 0 fully saturated rings. The number of fused-ring (bicyclic) bond motifs is 1. The summed E-state index contributed by atoms with van der Waals surface area (Å²) in [6.45, 7) is 4.65. The van der Waals surface area contributed by atoms with Crippen LogP contribution in [0.25, 0.3) is 11.4 Å². The number of rotatable bonds is 5. The van der Waals surface area contributed by atoms with Crippen molar-refractivity contribution in [2.24, 2.45) is 0 Å². The molecule has 2 aromatic carbocycles. The maximum atomic E-state index is 12.3. The first-order valence-corrected chi connectivity index (χ1v) is 9.67. The van der Waals surface area contributed by atoms with E-state index in [2.05, 4.69) is 28.8 Å². The Kier molecular flexibility index (Phi) is 4.85. The van der Waals surface area contributed by atoms with Gasteiger partial charge in [-0.1, -0.05) is 18.2 Å². The second kappa shape index (κ2) is 7.44. The number of ketones is 1. The van der Waals surface area contributed by atoms with Crippen molar-refractivity contribution in [2.75, 3.05) is 11.3 Å². The highest BCUT2D eigenvalue weighted by Gasteiger charge is 2.22. The van der Waals surface area contributed by atoms with Crippen LogP contribution in [0.15, 0.2) is 53.7 Å². The SMILES string of the molecule is CC(C)n1cnnc1-c1cccc(NSc2cccc3c2C(=O)CCO3)c1. The number of carbonyl (C=O) groups excluding carboxylic acids is 1. The summed E-state index contributed by atoms with van der Waals surface area (Å²) >= 11 is 1.41. The summed E-state index contributed by atoms with van der Waals surface area (Å²) in [4.78, 5) is 13.2. The minimum Gasteiger partial charge on any atom is -0.492 e. The number of nitrogens with zero attached hydrogens (tertiary/aromatic N) is 3. The van der Waals surface area contributed by atoms with Crippen molar-refractivity contribution in [3.05, 3.63) is 54.4 Å². The molecule has 0 radical (unpaired) electrons. The summed E-state index contributed by atoms with van der Waals surface area (Å²) in [6, 6.07) is 14.0. The van der Waals surface area contributed by atoms with Gasteiger partial charge in [0.05, 0.1) is 12.2 Å². The molecule has 0 aliphatic carbocycles. The zero-order valence-electron chi connectivity index (χ0n) is 15.2. The van der Waals surface area contributed by atoms with Gasteiger partial charge in [0.1, 0.15) is 12.1 Å². The third kappa shape index (κ3) is 3.55. The number of hydrogen-bond acceptors (Lipinski definition) is 6. The second-order valence-corrected chi connectivity index (χ2v) is 7.44. The molecule has 1 aliphatic rings. The van der Waals surface area contributed by atoms with E-state index in [1.54, 1.807) is 6.33 Å². The van der Waals surface area contributed by atoms with E-state index in [1.165, 1.54) is 11.9 Å². The van der Waals surface area contributed by atoms with Gasteiger partial charge >= 0.3 is 0 Å². The van der Waals surface area contributed by atoms with E-state index in [0.717, 1.165) is 22.0 Å². The molecule has 1 aromatic heterocycles. The molecular weight excluding hydrogens is 360 g/mol. The molecule has 0 bridgehead atoms. The van der Waals surface area contributed by atoms with Crippen LogP contribution in [-0.4, -0.2) is 27.2 Å². The third-order valence-electron chi connectivity index (χ3n) is 4.38. The fraction of sp³-hybridized carbons (Fsp3) is 0.250. The highest BCUT2D eigenvalue weighted by atomic mass is 32.2. The average Bonchev–Trinajstić information content (AvgIpc) is 3.17. The van der Waals surface area contributed by atoms with Gasteiger partial charge in [-0.25, -0.2) is 0 Å². The molecular formula is C20H20N4O2S. The van der Waals surface area contributed by atoms with Crippen LogP contribution in [0.2, 0.25) is 0 Å². The summed E-state index contributed by atoms with van der Waals surface area (Å²) in [6.07, 6.45) is 2.17. The lowest BCUT2D eigenvalue weighted by Gasteiger charge is -2.19. The molecule has 0 saturated heterocycles. The predicted molar refractivity (Wildman–Crippen MR) is 106 cm³/mol. The normalized spacial score (nSPS) is 13.4. The van der Waals surface area contributed by atoms with Gasteiger partial charge in [0.15, 0.2) is 11.6 Å². The number of carbonyl (C=O) groups is 1. The number of Topliss-reactive ketones (excluding diaryl/α,β-unsaturated/α-hetero) is 1. The number of benzene rings is 2. The molecule has 3 aromatic rings. The van der Waals surface area contributed by atoms with Gasteiger partial charge in [0.2, 0.25) is 0 Å². The minimum atomic E-state index is 0.125. The van der Waals surface area contributed by atoms with Gasteiger partial charge in [0, 0.05) is 28.6 Å². The monoisotopic (exact) mass is 380 g/mol. The van der Waals surface area contributed by atoms with Gasteiger partial charge in [-0.2, -0.15) is 0 Å². The maximum absolute atomic E-state index is 12.3. The van der Waals surface area contributed by atoms with E-state index in [0.29, 0.717) is 24.3 Å². The topological polar surface area (TPSA) is 69.0 Å². The lowest BCUT2D eigenvalue weighted by molar-refractivity contribution is 0.0929. The first-order valence-electron chi connectivity index (χ1n) is 8.85. The van der Waals surface area contributed by atoms with Crippen LogP contribution in [0.3, 0.4) is 0 Å². The van der Waals surface area contributed by atoms with Crippen LogP contribution in [0, 0.1) is 0 Å². The summed E-state index contributed by atoms with van der Waals surface area (Å²) < 4.78 is 11.0.